The first kappa shape index (κ1) is 22.1. The van der Waals surface area contributed by atoms with Crippen LogP contribution in [0.25, 0.3) is 0 Å². The minimum Gasteiger partial charge on any atom is -0.467 e. The molecule has 0 aliphatic rings. The zero-order valence-corrected chi connectivity index (χ0v) is 13.1. The van der Waals surface area contributed by atoms with Gasteiger partial charge >= 0.3 is 5.97 Å². The largest absolute Gasteiger partial charge is 0.467 e. The van der Waals surface area contributed by atoms with Gasteiger partial charge in [-0.1, -0.05) is 53.9 Å². The third kappa shape index (κ3) is 14.9. The van der Waals surface area contributed by atoms with Crippen LogP contribution in [0.15, 0.2) is 0 Å². The van der Waals surface area contributed by atoms with Gasteiger partial charge in [0, 0.05) is 6.92 Å². The van der Waals surface area contributed by atoms with Crippen molar-refractivity contribution in [3.63, 3.8) is 0 Å². The zero-order chi connectivity index (χ0) is 15.0. The van der Waals surface area contributed by atoms with Crippen molar-refractivity contribution in [2.24, 2.45) is 0 Å². The van der Waals surface area contributed by atoms with Gasteiger partial charge in [0.1, 0.15) is 6.04 Å². The molecular formula is C14H31NO3. The standard InChI is InChI=1S/C10H19NO3.2C2H6/c1-4-5-6-7-9(10(13)14-3)11-8(2)12;2*1-2/h9H,4-7H2,1-3H3,(H,11,12);2*1-2H3/t9-;;/m0../s1. The Labute approximate surface area is 112 Å². The van der Waals surface area contributed by atoms with Crippen LogP contribution in [0.4, 0.5) is 0 Å². The van der Waals surface area contributed by atoms with Crippen LogP contribution in [0.2, 0.25) is 0 Å². The summed E-state index contributed by atoms with van der Waals surface area (Å²) in [6, 6.07) is -0.482. The molecule has 0 radical (unpaired) electrons. The lowest BCUT2D eigenvalue weighted by Crippen LogP contribution is -2.40. The second-order valence-corrected chi connectivity index (χ2v) is 3.27. The van der Waals surface area contributed by atoms with Gasteiger partial charge in [-0.3, -0.25) is 4.79 Å². The zero-order valence-electron chi connectivity index (χ0n) is 13.1. The summed E-state index contributed by atoms with van der Waals surface area (Å²) in [6.07, 6.45) is 3.73. The van der Waals surface area contributed by atoms with E-state index in [1.807, 2.05) is 27.7 Å². The van der Waals surface area contributed by atoms with Gasteiger partial charge in [0.15, 0.2) is 0 Å². The number of carbonyl (C=O) groups is 2. The molecule has 4 heteroatoms. The maximum atomic E-state index is 11.2. The molecule has 0 aliphatic heterocycles. The van der Waals surface area contributed by atoms with Crippen molar-refractivity contribution in [2.45, 2.75) is 73.3 Å². The summed E-state index contributed by atoms with van der Waals surface area (Å²) in [7, 11) is 1.33. The number of esters is 1. The van der Waals surface area contributed by atoms with Crippen LogP contribution in [-0.4, -0.2) is 25.0 Å². The van der Waals surface area contributed by atoms with E-state index in [4.69, 9.17) is 0 Å². The Bertz CT molecular complexity index is 193. The van der Waals surface area contributed by atoms with E-state index in [1.54, 1.807) is 0 Å². The van der Waals surface area contributed by atoms with Gasteiger partial charge in [-0.2, -0.15) is 0 Å². The van der Waals surface area contributed by atoms with Crippen molar-refractivity contribution in [1.29, 1.82) is 0 Å². The quantitative estimate of drug-likeness (QED) is 0.589. The molecule has 0 fully saturated rings. The predicted molar refractivity (Wildman–Crippen MR) is 76.5 cm³/mol. The molecule has 0 spiro atoms. The maximum absolute atomic E-state index is 11.2. The predicted octanol–water partition coefficient (Wildman–Crippen LogP) is 3.30. The van der Waals surface area contributed by atoms with Gasteiger partial charge in [-0.25, -0.2) is 4.79 Å². The molecule has 1 atom stereocenters. The number of hydrogen-bond acceptors (Lipinski definition) is 3. The molecule has 0 saturated heterocycles. The number of unbranched alkanes of at least 4 members (excludes halogenated alkanes) is 2. The fourth-order valence-corrected chi connectivity index (χ4v) is 1.24. The molecular weight excluding hydrogens is 230 g/mol. The molecule has 110 valence electrons. The third-order valence-corrected chi connectivity index (χ3v) is 1.96. The first-order valence-electron chi connectivity index (χ1n) is 6.96. The molecule has 1 N–H and O–H groups in total. The van der Waals surface area contributed by atoms with E-state index < -0.39 is 6.04 Å². The maximum Gasteiger partial charge on any atom is 0.328 e. The van der Waals surface area contributed by atoms with Crippen molar-refractivity contribution in [3.05, 3.63) is 0 Å². The van der Waals surface area contributed by atoms with E-state index >= 15 is 0 Å². The second-order valence-electron chi connectivity index (χ2n) is 3.27. The number of hydrogen-bond donors (Lipinski definition) is 1. The van der Waals surface area contributed by atoms with E-state index in [0.29, 0.717) is 6.42 Å². The van der Waals surface area contributed by atoms with Crippen LogP contribution in [0, 0.1) is 0 Å². The molecule has 0 aromatic rings. The summed E-state index contributed by atoms with van der Waals surface area (Å²) in [5.74, 6) is -0.562. The molecule has 0 aromatic carbocycles. The topological polar surface area (TPSA) is 55.4 Å². The number of methoxy groups -OCH3 is 1. The van der Waals surface area contributed by atoms with Crippen molar-refractivity contribution in [3.8, 4) is 0 Å². The highest BCUT2D eigenvalue weighted by atomic mass is 16.5. The molecule has 0 heterocycles. The van der Waals surface area contributed by atoms with Gasteiger partial charge in [0.05, 0.1) is 7.11 Å². The van der Waals surface area contributed by atoms with E-state index in [-0.39, 0.29) is 11.9 Å². The van der Waals surface area contributed by atoms with Gasteiger partial charge < -0.3 is 10.1 Å². The second kappa shape index (κ2) is 18.3. The van der Waals surface area contributed by atoms with E-state index in [0.717, 1.165) is 19.3 Å². The van der Waals surface area contributed by atoms with Crippen LogP contribution in [0.3, 0.4) is 0 Å². The highest BCUT2D eigenvalue weighted by Crippen LogP contribution is 2.04. The SMILES string of the molecule is CC.CC.CCCCC[C@H](NC(C)=O)C(=O)OC. The minimum absolute atomic E-state index is 0.197. The van der Waals surface area contributed by atoms with E-state index in [2.05, 4.69) is 17.0 Å². The van der Waals surface area contributed by atoms with Crippen molar-refractivity contribution in [1.82, 2.24) is 5.32 Å². The Hall–Kier alpha value is -1.06. The molecule has 1 amide bonds. The summed E-state index contributed by atoms with van der Waals surface area (Å²) >= 11 is 0. The van der Waals surface area contributed by atoms with Gasteiger partial charge in [0.25, 0.3) is 0 Å². The number of ether oxygens (including phenoxy) is 1. The van der Waals surface area contributed by atoms with E-state index in [1.165, 1.54) is 14.0 Å². The van der Waals surface area contributed by atoms with Crippen molar-refractivity contribution in [2.75, 3.05) is 7.11 Å². The summed E-state index contributed by atoms with van der Waals surface area (Å²) in [5, 5.41) is 2.58. The molecule has 0 saturated carbocycles. The lowest BCUT2D eigenvalue weighted by Gasteiger charge is -2.14. The number of carbonyl (C=O) groups excluding carboxylic acids is 2. The highest BCUT2D eigenvalue weighted by molar-refractivity contribution is 5.83. The van der Waals surface area contributed by atoms with E-state index in [9.17, 15) is 9.59 Å². The molecule has 0 aliphatic carbocycles. The van der Waals surface area contributed by atoms with Gasteiger partial charge in [-0.05, 0) is 6.42 Å². The van der Waals surface area contributed by atoms with Gasteiger partial charge in [-0.15, -0.1) is 0 Å². The molecule has 0 bridgehead atoms. The van der Waals surface area contributed by atoms with Crippen molar-refractivity contribution >= 4 is 11.9 Å². The molecule has 0 unspecified atom stereocenters. The monoisotopic (exact) mass is 261 g/mol. The summed E-state index contributed by atoms with van der Waals surface area (Å²) in [5.41, 5.74) is 0. The number of amides is 1. The molecule has 0 rings (SSSR count). The van der Waals surface area contributed by atoms with Crippen LogP contribution in [0.1, 0.15) is 67.2 Å². The Morgan fingerprint density at radius 1 is 1.11 bits per heavy atom. The minimum atomic E-state index is -0.482. The Morgan fingerprint density at radius 3 is 1.94 bits per heavy atom. The first-order chi connectivity index (χ1) is 8.61. The third-order valence-electron chi connectivity index (χ3n) is 1.96. The normalized spacial score (nSPS) is 9.94. The number of rotatable bonds is 6. The first-order valence-corrected chi connectivity index (χ1v) is 6.96. The van der Waals surface area contributed by atoms with Crippen LogP contribution >= 0.6 is 0 Å². The highest BCUT2D eigenvalue weighted by Gasteiger charge is 2.18. The molecule has 18 heavy (non-hydrogen) atoms. The Kier molecular flexibility index (Phi) is 22.5. The average Bonchev–Trinajstić information content (AvgIpc) is 2.41. The molecule has 4 nitrogen and oxygen atoms in total. The fourth-order valence-electron chi connectivity index (χ4n) is 1.24. The van der Waals surface area contributed by atoms with Crippen molar-refractivity contribution < 1.29 is 14.3 Å². The summed E-state index contributed by atoms with van der Waals surface area (Å²) in [4.78, 5) is 22.0. The number of nitrogens with one attached hydrogen (secondary N) is 1. The smallest absolute Gasteiger partial charge is 0.328 e. The lowest BCUT2D eigenvalue weighted by atomic mass is 10.1. The summed E-state index contributed by atoms with van der Waals surface area (Å²) in [6.45, 7) is 11.5. The molecule has 0 aromatic heterocycles. The van der Waals surface area contributed by atoms with Crippen LogP contribution in [0.5, 0.6) is 0 Å². The van der Waals surface area contributed by atoms with Crippen LogP contribution in [-0.2, 0) is 14.3 Å². The Balaban J connectivity index is -0.000000506. The Morgan fingerprint density at radius 2 is 1.61 bits per heavy atom. The lowest BCUT2D eigenvalue weighted by molar-refractivity contribution is -0.145. The van der Waals surface area contributed by atoms with Gasteiger partial charge in [0.2, 0.25) is 5.91 Å². The summed E-state index contributed by atoms with van der Waals surface area (Å²) < 4.78 is 4.59. The average molecular weight is 261 g/mol. The fraction of sp³-hybridized carbons (Fsp3) is 0.857. The van der Waals surface area contributed by atoms with Crippen LogP contribution < -0.4 is 5.32 Å².